The van der Waals surface area contributed by atoms with Gasteiger partial charge in [-0.15, -0.1) is 0 Å². The van der Waals surface area contributed by atoms with Gasteiger partial charge in [-0.05, 0) is 6.92 Å². The molecule has 0 unspecified atom stereocenters. The van der Waals surface area contributed by atoms with Crippen LogP contribution >= 0.6 is 0 Å². The van der Waals surface area contributed by atoms with Gasteiger partial charge in [-0.3, -0.25) is 14.4 Å². The molecule has 0 aliphatic carbocycles. The molecule has 1 saturated heterocycles. The first-order valence-electron chi connectivity index (χ1n) is 7.76. The first-order valence-corrected chi connectivity index (χ1v) is 7.76. The third kappa shape index (κ3) is 4.58. The van der Waals surface area contributed by atoms with Gasteiger partial charge in [0.25, 0.3) is 0 Å². The summed E-state index contributed by atoms with van der Waals surface area (Å²) in [4.78, 5) is 36.0. The number of nitrogens with zero attached hydrogens (tertiary/aromatic N) is 1. The summed E-state index contributed by atoms with van der Waals surface area (Å²) < 4.78 is 38.8. The van der Waals surface area contributed by atoms with Gasteiger partial charge in [0.05, 0.1) is 11.8 Å². The molecule has 25 heavy (non-hydrogen) atoms. The lowest BCUT2D eigenvalue weighted by atomic mass is 9.96. The maximum atomic E-state index is 12.9. The Balaban J connectivity index is 1.96. The van der Waals surface area contributed by atoms with Crippen LogP contribution in [-0.2, 0) is 9.59 Å². The Bertz CT molecular complexity index is 669. The number of alkyl halides is 3. The molecule has 0 saturated carbocycles. The highest BCUT2D eigenvalue weighted by Crippen LogP contribution is 2.37. The van der Waals surface area contributed by atoms with Crippen LogP contribution in [-0.4, -0.2) is 46.9 Å². The van der Waals surface area contributed by atoms with E-state index in [0.29, 0.717) is 5.56 Å². The van der Waals surface area contributed by atoms with E-state index in [2.05, 4.69) is 0 Å². The van der Waals surface area contributed by atoms with E-state index in [-0.39, 0.29) is 18.6 Å². The Morgan fingerprint density at radius 3 is 2.20 bits per heavy atom. The van der Waals surface area contributed by atoms with Gasteiger partial charge in [-0.25, -0.2) is 0 Å². The van der Waals surface area contributed by atoms with Crippen LogP contribution in [0.5, 0.6) is 0 Å². The highest BCUT2D eigenvalue weighted by molar-refractivity contribution is 5.98. The van der Waals surface area contributed by atoms with Gasteiger partial charge >= 0.3 is 12.1 Å². The predicted octanol–water partition coefficient (Wildman–Crippen LogP) is 2.68. The van der Waals surface area contributed by atoms with E-state index in [1.54, 1.807) is 24.3 Å². The van der Waals surface area contributed by atoms with Crippen molar-refractivity contribution in [1.82, 2.24) is 4.90 Å². The number of halogens is 3. The smallest absolute Gasteiger partial charge is 0.394 e. The van der Waals surface area contributed by atoms with Crippen LogP contribution in [0.4, 0.5) is 13.2 Å². The van der Waals surface area contributed by atoms with Crippen molar-refractivity contribution in [2.24, 2.45) is 11.8 Å². The molecule has 1 aliphatic rings. The van der Waals surface area contributed by atoms with E-state index in [1.165, 1.54) is 0 Å². The van der Waals surface area contributed by atoms with Crippen molar-refractivity contribution < 1.29 is 32.7 Å². The highest BCUT2D eigenvalue weighted by atomic mass is 19.4. The number of ketones is 1. The first kappa shape index (κ1) is 19.0. The van der Waals surface area contributed by atoms with E-state index in [9.17, 15) is 27.6 Å². The Morgan fingerprint density at radius 2 is 1.72 bits per heavy atom. The van der Waals surface area contributed by atoms with E-state index in [0.717, 1.165) is 10.5 Å². The zero-order valence-electron chi connectivity index (χ0n) is 13.5. The fourth-order valence-corrected chi connectivity index (χ4v) is 2.85. The zero-order valence-corrected chi connectivity index (χ0v) is 13.5. The maximum absolute atomic E-state index is 12.9. The Labute approximate surface area is 142 Å². The predicted molar refractivity (Wildman–Crippen MR) is 82.0 cm³/mol. The summed E-state index contributed by atoms with van der Waals surface area (Å²) in [7, 11) is 0. The molecule has 2 rings (SSSR count). The van der Waals surface area contributed by atoms with Gasteiger partial charge in [0.2, 0.25) is 5.91 Å². The van der Waals surface area contributed by atoms with Crippen LogP contribution in [0.3, 0.4) is 0 Å². The van der Waals surface area contributed by atoms with E-state index < -0.39 is 43.0 Å². The number of Topliss-reactive ketones (excluding diaryl/α,β-unsaturated/α-hetero) is 1. The topological polar surface area (TPSA) is 74.7 Å². The standard InChI is InChI=1S/C17H18F3NO4/c1-10-2-4-11(5-3-10)14(22)6-7-15(23)21-8-12(16(24)25)13(9-21)17(18,19)20/h2-5,12-13H,6-9H2,1H3,(H,24,25)/t12-,13-/m1/s1. The molecule has 0 bridgehead atoms. The average Bonchev–Trinajstić information content (AvgIpc) is 2.99. The second kappa shape index (κ2) is 7.25. The molecule has 1 N–H and O–H groups in total. The van der Waals surface area contributed by atoms with Crippen LogP contribution in [0, 0.1) is 18.8 Å². The van der Waals surface area contributed by atoms with Gasteiger partial charge < -0.3 is 10.0 Å². The molecule has 2 atom stereocenters. The molecule has 5 nitrogen and oxygen atoms in total. The minimum absolute atomic E-state index is 0.132. The number of carboxylic acid groups (broad SMARTS) is 1. The summed E-state index contributed by atoms with van der Waals surface area (Å²) in [5.41, 5.74) is 1.40. The molecule has 1 aromatic carbocycles. The van der Waals surface area contributed by atoms with E-state index in [4.69, 9.17) is 5.11 Å². The van der Waals surface area contributed by atoms with Crippen molar-refractivity contribution in [3.63, 3.8) is 0 Å². The zero-order chi connectivity index (χ0) is 18.8. The number of aryl methyl sites for hydroxylation is 1. The largest absolute Gasteiger partial charge is 0.481 e. The normalized spacial score (nSPS) is 20.6. The molecule has 136 valence electrons. The molecule has 1 amide bonds. The number of rotatable bonds is 5. The number of carboxylic acids is 1. The fourth-order valence-electron chi connectivity index (χ4n) is 2.85. The molecule has 0 radical (unpaired) electrons. The molecule has 8 heteroatoms. The van der Waals surface area contributed by atoms with Crippen molar-refractivity contribution in [2.45, 2.75) is 25.9 Å². The first-order chi connectivity index (χ1) is 11.6. The number of aliphatic carboxylic acids is 1. The molecule has 1 aromatic rings. The lowest BCUT2D eigenvalue weighted by molar-refractivity contribution is -0.188. The Morgan fingerprint density at radius 1 is 1.12 bits per heavy atom. The molecule has 1 fully saturated rings. The van der Waals surface area contributed by atoms with E-state index >= 15 is 0 Å². The second-order valence-corrected chi connectivity index (χ2v) is 6.18. The lowest BCUT2D eigenvalue weighted by Crippen LogP contribution is -2.34. The van der Waals surface area contributed by atoms with Gasteiger partial charge in [-0.2, -0.15) is 13.2 Å². The lowest BCUT2D eigenvalue weighted by Gasteiger charge is -2.18. The quantitative estimate of drug-likeness (QED) is 0.822. The minimum Gasteiger partial charge on any atom is -0.481 e. The number of hydrogen-bond acceptors (Lipinski definition) is 3. The van der Waals surface area contributed by atoms with Crippen LogP contribution < -0.4 is 0 Å². The highest BCUT2D eigenvalue weighted by Gasteiger charge is 2.53. The third-order valence-corrected chi connectivity index (χ3v) is 4.35. The van der Waals surface area contributed by atoms with Crippen LogP contribution in [0.1, 0.15) is 28.8 Å². The second-order valence-electron chi connectivity index (χ2n) is 6.18. The molecule has 0 spiro atoms. The van der Waals surface area contributed by atoms with Gasteiger partial charge in [0.15, 0.2) is 5.78 Å². The molecular formula is C17H18F3NO4. The summed E-state index contributed by atoms with van der Waals surface area (Å²) in [6.45, 7) is 0.691. The Hall–Kier alpha value is -2.38. The van der Waals surface area contributed by atoms with Crippen molar-refractivity contribution in [2.75, 3.05) is 13.1 Å². The summed E-state index contributed by atoms with van der Waals surface area (Å²) in [5, 5.41) is 8.94. The Kier molecular flexibility index (Phi) is 5.49. The van der Waals surface area contributed by atoms with Crippen LogP contribution in [0.25, 0.3) is 0 Å². The number of hydrogen-bond donors (Lipinski definition) is 1. The van der Waals surface area contributed by atoms with Gasteiger partial charge in [0, 0.05) is 31.5 Å². The molecular weight excluding hydrogens is 339 g/mol. The monoisotopic (exact) mass is 357 g/mol. The van der Waals surface area contributed by atoms with Gasteiger partial charge in [-0.1, -0.05) is 29.8 Å². The molecule has 0 aromatic heterocycles. The number of likely N-dealkylation sites (tertiary alicyclic amines) is 1. The summed E-state index contributed by atoms with van der Waals surface area (Å²) in [5.74, 6) is -6.25. The number of benzene rings is 1. The number of carbonyl (C=O) groups is 3. The summed E-state index contributed by atoms with van der Waals surface area (Å²) in [6, 6.07) is 6.75. The average molecular weight is 357 g/mol. The fraction of sp³-hybridized carbons (Fsp3) is 0.471. The molecule has 1 aliphatic heterocycles. The SMILES string of the molecule is Cc1ccc(C(=O)CCC(=O)N2C[C@@H](C(F)(F)F)[C@H](C(=O)O)C2)cc1. The van der Waals surface area contributed by atoms with Crippen LogP contribution in [0.2, 0.25) is 0 Å². The number of amides is 1. The summed E-state index contributed by atoms with van der Waals surface area (Å²) in [6.07, 6.45) is -5.06. The number of carbonyl (C=O) groups excluding carboxylic acids is 2. The van der Waals surface area contributed by atoms with Crippen molar-refractivity contribution in [3.05, 3.63) is 35.4 Å². The van der Waals surface area contributed by atoms with Crippen molar-refractivity contribution >= 4 is 17.7 Å². The third-order valence-electron chi connectivity index (χ3n) is 4.35. The van der Waals surface area contributed by atoms with Gasteiger partial charge in [0.1, 0.15) is 0 Å². The maximum Gasteiger partial charge on any atom is 0.394 e. The molecule has 1 heterocycles. The van der Waals surface area contributed by atoms with E-state index in [1.807, 2.05) is 6.92 Å². The van der Waals surface area contributed by atoms with Crippen molar-refractivity contribution in [1.29, 1.82) is 0 Å². The summed E-state index contributed by atoms with van der Waals surface area (Å²) >= 11 is 0. The van der Waals surface area contributed by atoms with Crippen molar-refractivity contribution in [3.8, 4) is 0 Å². The van der Waals surface area contributed by atoms with Crippen LogP contribution in [0.15, 0.2) is 24.3 Å². The minimum atomic E-state index is -4.68.